The Morgan fingerprint density at radius 1 is 1.23 bits per heavy atom. The van der Waals surface area contributed by atoms with Crippen molar-refractivity contribution in [1.82, 2.24) is 0 Å². The first-order chi connectivity index (χ1) is 6.11. The van der Waals surface area contributed by atoms with Crippen molar-refractivity contribution in [3.63, 3.8) is 0 Å². The van der Waals surface area contributed by atoms with E-state index in [9.17, 15) is 15.3 Å². The van der Waals surface area contributed by atoms with E-state index in [0.717, 1.165) is 0 Å². The Morgan fingerprint density at radius 3 is 2.31 bits per heavy atom. The van der Waals surface area contributed by atoms with Gasteiger partial charge in [-0.1, -0.05) is 0 Å². The van der Waals surface area contributed by atoms with Crippen LogP contribution in [0.4, 0.5) is 0 Å². The van der Waals surface area contributed by atoms with Crippen LogP contribution >= 0.6 is 0 Å². The first-order valence-electron chi connectivity index (χ1n) is 3.95. The van der Waals surface area contributed by atoms with Crippen LogP contribution in [0.3, 0.4) is 0 Å². The van der Waals surface area contributed by atoms with Crippen molar-refractivity contribution in [3.05, 3.63) is 0 Å². The van der Waals surface area contributed by atoms with Gasteiger partial charge >= 0.3 is 0 Å². The zero-order valence-electron chi connectivity index (χ0n) is 7.20. The SMILES string of the molecule is CO[C@@H]1[C@@H](O)[C@H](O)[C@@H](CO)O[C@H]1O. The number of aliphatic hydroxyl groups excluding tert-OH is 4. The van der Waals surface area contributed by atoms with Crippen LogP contribution in [0.2, 0.25) is 0 Å². The highest BCUT2D eigenvalue weighted by Crippen LogP contribution is 2.21. The third-order valence-corrected chi connectivity index (χ3v) is 2.11. The monoisotopic (exact) mass is 194 g/mol. The third-order valence-electron chi connectivity index (χ3n) is 2.11. The van der Waals surface area contributed by atoms with Gasteiger partial charge in [0.2, 0.25) is 0 Å². The Bertz CT molecular complexity index is 163. The van der Waals surface area contributed by atoms with Gasteiger partial charge in [-0.15, -0.1) is 0 Å². The van der Waals surface area contributed by atoms with Gasteiger partial charge in [-0.2, -0.15) is 0 Å². The van der Waals surface area contributed by atoms with Gasteiger partial charge in [-0.05, 0) is 0 Å². The van der Waals surface area contributed by atoms with Gasteiger partial charge in [0, 0.05) is 7.11 Å². The summed E-state index contributed by atoms with van der Waals surface area (Å²) in [5, 5.41) is 36.7. The van der Waals surface area contributed by atoms with Gasteiger partial charge < -0.3 is 29.9 Å². The van der Waals surface area contributed by atoms with Crippen molar-refractivity contribution in [2.45, 2.75) is 30.7 Å². The van der Waals surface area contributed by atoms with E-state index in [1.807, 2.05) is 0 Å². The lowest BCUT2D eigenvalue weighted by molar-refractivity contribution is -0.291. The molecule has 0 aromatic carbocycles. The fraction of sp³-hybridized carbons (Fsp3) is 1.00. The fourth-order valence-corrected chi connectivity index (χ4v) is 1.33. The number of methoxy groups -OCH3 is 1. The predicted molar refractivity (Wildman–Crippen MR) is 40.8 cm³/mol. The molecule has 0 radical (unpaired) electrons. The van der Waals surface area contributed by atoms with Crippen molar-refractivity contribution in [2.24, 2.45) is 0 Å². The number of aliphatic hydroxyl groups is 4. The molecule has 1 fully saturated rings. The topological polar surface area (TPSA) is 99.4 Å². The smallest absolute Gasteiger partial charge is 0.184 e. The molecule has 6 heteroatoms. The predicted octanol–water partition coefficient (Wildman–Crippen LogP) is -2.57. The zero-order valence-corrected chi connectivity index (χ0v) is 7.20. The minimum absolute atomic E-state index is 0.467. The van der Waals surface area contributed by atoms with Crippen molar-refractivity contribution in [1.29, 1.82) is 0 Å². The van der Waals surface area contributed by atoms with Crippen LogP contribution in [0, 0.1) is 0 Å². The van der Waals surface area contributed by atoms with Gasteiger partial charge in [0.25, 0.3) is 0 Å². The summed E-state index contributed by atoms with van der Waals surface area (Å²) in [6.45, 7) is -0.467. The van der Waals surface area contributed by atoms with Crippen LogP contribution in [0.15, 0.2) is 0 Å². The van der Waals surface area contributed by atoms with Crippen molar-refractivity contribution in [3.8, 4) is 0 Å². The largest absolute Gasteiger partial charge is 0.394 e. The lowest BCUT2D eigenvalue weighted by Gasteiger charge is -2.39. The van der Waals surface area contributed by atoms with E-state index >= 15 is 0 Å². The quantitative estimate of drug-likeness (QED) is 0.386. The van der Waals surface area contributed by atoms with E-state index in [4.69, 9.17) is 14.6 Å². The lowest BCUT2D eigenvalue weighted by Crippen LogP contribution is -2.59. The molecule has 0 saturated carbocycles. The van der Waals surface area contributed by atoms with Gasteiger partial charge in [0.05, 0.1) is 6.61 Å². The Kier molecular flexibility index (Phi) is 3.60. The Labute approximate surface area is 75.3 Å². The molecule has 13 heavy (non-hydrogen) atoms. The van der Waals surface area contributed by atoms with Crippen LogP contribution in [0.5, 0.6) is 0 Å². The van der Waals surface area contributed by atoms with Gasteiger partial charge in [0.1, 0.15) is 24.4 Å². The number of hydrogen-bond acceptors (Lipinski definition) is 6. The highest BCUT2D eigenvalue weighted by molar-refractivity contribution is 4.88. The summed E-state index contributed by atoms with van der Waals surface area (Å²) in [5.41, 5.74) is 0. The molecule has 4 N–H and O–H groups in total. The van der Waals surface area contributed by atoms with Crippen molar-refractivity contribution >= 4 is 0 Å². The molecule has 1 aliphatic rings. The lowest BCUT2D eigenvalue weighted by atomic mass is 9.99. The van der Waals surface area contributed by atoms with E-state index < -0.39 is 37.3 Å². The highest BCUT2D eigenvalue weighted by Gasteiger charge is 2.43. The molecule has 1 rings (SSSR count). The van der Waals surface area contributed by atoms with Crippen molar-refractivity contribution < 1.29 is 29.9 Å². The maximum atomic E-state index is 9.38. The molecule has 1 aliphatic heterocycles. The summed E-state index contributed by atoms with van der Waals surface area (Å²) >= 11 is 0. The summed E-state index contributed by atoms with van der Waals surface area (Å²) in [5.74, 6) is 0. The molecule has 0 aliphatic carbocycles. The standard InChI is InChI=1S/C7H14O6/c1-12-6-5(10)4(9)3(2-8)13-7(6)11/h3-11H,2H2,1H3/t3-,4-,5+,6-,7-/m1/s1. The zero-order chi connectivity index (χ0) is 10.0. The normalized spacial score (nSPS) is 46.4. The fourth-order valence-electron chi connectivity index (χ4n) is 1.33. The second-order valence-electron chi connectivity index (χ2n) is 2.93. The van der Waals surface area contributed by atoms with Crippen LogP contribution in [-0.2, 0) is 9.47 Å². The van der Waals surface area contributed by atoms with Gasteiger partial charge in [0.15, 0.2) is 6.29 Å². The van der Waals surface area contributed by atoms with E-state index in [1.54, 1.807) is 0 Å². The third kappa shape index (κ3) is 1.98. The molecule has 78 valence electrons. The van der Waals surface area contributed by atoms with E-state index in [2.05, 4.69) is 0 Å². The molecule has 0 bridgehead atoms. The van der Waals surface area contributed by atoms with Crippen LogP contribution < -0.4 is 0 Å². The molecule has 0 unspecified atom stereocenters. The molecule has 1 heterocycles. The molecule has 0 amide bonds. The molecular formula is C7H14O6. The Morgan fingerprint density at radius 2 is 1.85 bits per heavy atom. The van der Waals surface area contributed by atoms with Crippen molar-refractivity contribution in [2.75, 3.05) is 13.7 Å². The Balaban J connectivity index is 2.66. The summed E-state index contributed by atoms with van der Waals surface area (Å²) in [6, 6.07) is 0. The van der Waals surface area contributed by atoms with Gasteiger partial charge in [-0.3, -0.25) is 0 Å². The highest BCUT2D eigenvalue weighted by atomic mass is 16.7. The number of hydrogen-bond donors (Lipinski definition) is 4. The van der Waals surface area contributed by atoms with E-state index in [0.29, 0.717) is 0 Å². The number of ether oxygens (including phenoxy) is 2. The molecule has 6 nitrogen and oxygen atoms in total. The molecule has 0 spiro atoms. The average Bonchev–Trinajstić information content (AvgIpc) is 2.12. The molecule has 0 aromatic rings. The maximum absolute atomic E-state index is 9.38. The Hall–Kier alpha value is -0.240. The summed E-state index contributed by atoms with van der Waals surface area (Å²) in [4.78, 5) is 0. The van der Waals surface area contributed by atoms with Gasteiger partial charge in [-0.25, -0.2) is 0 Å². The summed E-state index contributed by atoms with van der Waals surface area (Å²) in [6.07, 6.45) is -5.81. The maximum Gasteiger partial charge on any atom is 0.184 e. The van der Waals surface area contributed by atoms with Crippen LogP contribution in [0.25, 0.3) is 0 Å². The minimum atomic E-state index is -1.33. The van der Waals surface area contributed by atoms with Crippen LogP contribution in [-0.4, -0.2) is 64.8 Å². The summed E-state index contributed by atoms with van der Waals surface area (Å²) < 4.78 is 9.50. The van der Waals surface area contributed by atoms with Crippen LogP contribution in [0.1, 0.15) is 0 Å². The second-order valence-corrected chi connectivity index (χ2v) is 2.93. The number of rotatable bonds is 2. The van der Waals surface area contributed by atoms with E-state index in [-0.39, 0.29) is 0 Å². The molecule has 5 atom stereocenters. The first-order valence-corrected chi connectivity index (χ1v) is 3.95. The average molecular weight is 194 g/mol. The molecular weight excluding hydrogens is 180 g/mol. The molecule has 1 saturated heterocycles. The minimum Gasteiger partial charge on any atom is -0.394 e. The summed E-state index contributed by atoms with van der Waals surface area (Å²) in [7, 11) is 1.28. The first kappa shape index (κ1) is 10.8. The second kappa shape index (κ2) is 4.32. The van der Waals surface area contributed by atoms with E-state index in [1.165, 1.54) is 7.11 Å². The molecule has 0 aromatic heterocycles.